The third-order valence-electron chi connectivity index (χ3n) is 3.66. The largest absolute Gasteiger partial charge is 0.380 e. The number of nitrogens with zero attached hydrogens (tertiary/aromatic N) is 2. The molecule has 1 aliphatic carbocycles. The zero-order valence-electron chi connectivity index (χ0n) is 11.3. The molecule has 1 N–H and O–H groups in total. The third-order valence-corrected chi connectivity index (χ3v) is 3.66. The van der Waals surface area contributed by atoms with E-state index in [4.69, 9.17) is 0 Å². The molecule has 1 saturated carbocycles. The summed E-state index contributed by atoms with van der Waals surface area (Å²) in [5, 5.41) is 7.83. The van der Waals surface area contributed by atoms with E-state index in [1.807, 2.05) is 17.9 Å². The predicted octanol–water partition coefficient (Wildman–Crippen LogP) is 3.44. The van der Waals surface area contributed by atoms with Gasteiger partial charge < -0.3 is 5.32 Å². The van der Waals surface area contributed by atoms with E-state index in [0.29, 0.717) is 6.04 Å². The first-order valence-electron chi connectivity index (χ1n) is 6.88. The van der Waals surface area contributed by atoms with Gasteiger partial charge in [-0.25, -0.2) is 0 Å². The number of hydrogen-bond acceptors (Lipinski definition) is 2. The van der Waals surface area contributed by atoms with Crippen molar-refractivity contribution < 1.29 is 0 Å². The summed E-state index contributed by atoms with van der Waals surface area (Å²) < 4.78 is 1.86. The molecular formula is C14H25N3. The number of anilines is 1. The number of aryl methyl sites for hydroxylation is 1. The standard InChI is InChI=1S/C14H25N3/c1-11(2)7-12-5-4-6-13(8-12)16-14-9-15-17(3)10-14/h9-13,16H,4-8H2,1-3H3. The van der Waals surface area contributed by atoms with Crippen molar-refractivity contribution in [3.63, 3.8) is 0 Å². The normalized spacial score (nSPS) is 25.2. The molecule has 2 atom stereocenters. The fraction of sp³-hybridized carbons (Fsp3) is 0.786. The predicted molar refractivity (Wildman–Crippen MR) is 72.0 cm³/mol. The molecule has 1 aromatic heterocycles. The fourth-order valence-corrected chi connectivity index (χ4v) is 3.03. The van der Waals surface area contributed by atoms with E-state index < -0.39 is 0 Å². The van der Waals surface area contributed by atoms with Crippen LogP contribution < -0.4 is 5.32 Å². The molecule has 1 fully saturated rings. The average molecular weight is 235 g/mol. The maximum Gasteiger partial charge on any atom is 0.0728 e. The summed E-state index contributed by atoms with van der Waals surface area (Å²) in [6, 6.07) is 0.650. The number of rotatable bonds is 4. The maximum absolute atomic E-state index is 4.20. The van der Waals surface area contributed by atoms with E-state index in [0.717, 1.165) is 11.8 Å². The van der Waals surface area contributed by atoms with E-state index >= 15 is 0 Å². The van der Waals surface area contributed by atoms with Crippen molar-refractivity contribution in [3.05, 3.63) is 12.4 Å². The lowest BCUT2D eigenvalue weighted by molar-refractivity contribution is 0.289. The Morgan fingerprint density at radius 3 is 2.94 bits per heavy atom. The van der Waals surface area contributed by atoms with Gasteiger partial charge in [-0.2, -0.15) is 5.10 Å². The van der Waals surface area contributed by atoms with Gasteiger partial charge in [0.15, 0.2) is 0 Å². The van der Waals surface area contributed by atoms with Crippen LogP contribution in [0.2, 0.25) is 0 Å². The highest BCUT2D eigenvalue weighted by molar-refractivity contribution is 5.39. The van der Waals surface area contributed by atoms with Gasteiger partial charge in [-0.3, -0.25) is 4.68 Å². The lowest BCUT2D eigenvalue weighted by Crippen LogP contribution is -2.27. The van der Waals surface area contributed by atoms with Crippen LogP contribution >= 0.6 is 0 Å². The number of hydrogen-bond donors (Lipinski definition) is 1. The molecular weight excluding hydrogens is 210 g/mol. The van der Waals surface area contributed by atoms with Gasteiger partial charge in [0.2, 0.25) is 0 Å². The first-order chi connectivity index (χ1) is 8.13. The van der Waals surface area contributed by atoms with Crippen molar-refractivity contribution in [2.24, 2.45) is 18.9 Å². The summed E-state index contributed by atoms with van der Waals surface area (Å²) in [5.74, 6) is 1.75. The molecule has 17 heavy (non-hydrogen) atoms. The van der Waals surface area contributed by atoms with Gasteiger partial charge >= 0.3 is 0 Å². The summed E-state index contributed by atoms with van der Waals surface area (Å²) >= 11 is 0. The van der Waals surface area contributed by atoms with Gasteiger partial charge in [0.1, 0.15) is 0 Å². The molecule has 0 aromatic carbocycles. The first kappa shape index (κ1) is 12.5. The van der Waals surface area contributed by atoms with Crippen LogP contribution in [-0.2, 0) is 7.05 Å². The Labute approximate surface area is 105 Å². The lowest BCUT2D eigenvalue weighted by atomic mass is 9.81. The Bertz CT molecular complexity index is 343. The van der Waals surface area contributed by atoms with E-state index in [-0.39, 0.29) is 0 Å². The number of aromatic nitrogens is 2. The Morgan fingerprint density at radius 2 is 2.29 bits per heavy atom. The second-order valence-corrected chi connectivity index (χ2v) is 5.91. The molecule has 1 aliphatic rings. The highest BCUT2D eigenvalue weighted by atomic mass is 15.3. The van der Waals surface area contributed by atoms with Crippen molar-refractivity contribution in [3.8, 4) is 0 Å². The van der Waals surface area contributed by atoms with E-state index in [1.54, 1.807) is 0 Å². The molecule has 96 valence electrons. The minimum Gasteiger partial charge on any atom is -0.380 e. The van der Waals surface area contributed by atoms with E-state index in [2.05, 4.69) is 30.5 Å². The minimum atomic E-state index is 0.650. The first-order valence-corrected chi connectivity index (χ1v) is 6.88. The highest BCUT2D eigenvalue weighted by Crippen LogP contribution is 2.30. The Morgan fingerprint density at radius 1 is 1.47 bits per heavy atom. The molecule has 2 rings (SSSR count). The van der Waals surface area contributed by atoms with Crippen LogP contribution in [0, 0.1) is 11.8 Å². The van der Waals surface area contributed by atoms with Crippen LogP contribution in [0.3, 0.4) is 0 Å². The molecule has 0 spiro atoms. The molecule has 3 heteroatoms. The molecule has 0 saturated heterocycles. The Balaban J connectivity index is 1.85. The molecule has 1 heterocycles. The molecule has 0 bridgehead atoms. The Kier molecular flexibility index (Phi) is 4.08. The SMILES string of the molecule is CC(C)CC1CCCC(Nc2cnn(C)c2)C1. The van der Waals surface area contributed by atoms with Gasteiger partial charge in [-0.05, 0) is 31.1 Å². The summed E-state index contributed by atoms with van der Waals surface area (Å²) in [6.07, 6.45) is 10.8. The third kappa shape index (κ3) is 3.76. The summed E-state index contributed by atoms with van der Waals surface area (Å²) in [4.78, 5) is 0. The molecule has 0 aliphatic heterocycles. The van der Waals surface area contributed by atoms with Crippen LogP contribution in [0.15, 0.2) is 12.4 Å². The van der Waals surface area contributed by atoms with Gasteiger partial charge in [0.25, 0.3) is 0 Å². The van der Waals surface area contributed by atoms with Gasteiger partial charge in [0.05, 0.1) is 11.9 Å². The molecule has 2 unspecified atom stereocenters. The topological polar surface area (TPSA) is 29.9 Å². The summed E-state index contributed by atoms with van der Waals surface area (Å²) in [7, 11) is 1.97. The van der Waals surface area contributed by atoms with Crippen molar-refractivity contribution in [2.75, 3.05) is 5.32 Å². The van der Waals surface area contributed by atoms with Crippen molar-refractivity contribution >= 4 is 5.69 Å². The smallest absolute Gasteiger partial charge is 0.0728 e. The Hall–Kier alpha value is -0.990. The fourth-order valence-electron chi connectivity index (χ4n) is 3.03. The summed E-state index contributed by atoms with van der Waals surface area (Å²) in [5.41, 5.74) is 1.17. The average Bonchev–Trinajstić information content (AvgIpc) is 2.63. The molecule has 0 radical (unpaired) electrons. The van der Waals surface area contributed by atoms with Gasteiger partial charge in [-0.1, -0.05) is 26.7 Å². The maximum atomic E-state index is 4.20. The minimum absolute atomic E-state index is 0.650. The van der Waals surface area contributed by atoms with Crippen molar-refractivity contribution in [2.45, 2.75) is 52.0 Å². The molecule has 3 nitrogen and oxygen atoms in total. The number of nitrogens with one attached hydrogen (secondary N) is 1. The van der Waals surface area contributed by atoms with Crippen molar-refractivity contribution in [1.82, 2.24) is 9.78 Å². The zero-order chi connectivity index (χ0) is 12.3. The van der Waals surface area contributed by atoms with E-state index in [9.17, 15) is 0 Å². The quantitative estimate of drug-likeness (QED) is 0.866. The van der Waals surface area contributed by atoms with E-state index in [1.165, 1.54) is 37.8 Å². The monoisotopic (exact) mass is 235 g/mol. The van der Waals surface area contributed by atoms with Crippen molar-refractivity contribution in [1.29, 1.82) is 0 Å². The second-order valence-electron chi connectivity index (χ2n) is 5.91. The second kappa shape index (κ2) is 5.56. The van der Waals surface area contributed by atoms with Crippen LogP contribution in [0.4, 0.5) is 5.69 Å². The zero-order valence-corrected chi connectivity index (χ0v) is 11.3. The van der Waals surface area contributed by atoms with Gasteiger partial charge in [-0.15, -0.1) is 0 Å². The van der Waals surface area contributed by atoms with Crippen LogP contribution in [0.5, 0.6) is 0 Å². The van der Waals surface area contributed by atoms with Crippen LogP contribution in [0.25, 0.3) is 0 Å². The highest BCUT2D eigenvalue weighted by Gasteiger charge is 2.22. The lowest BCUT2D eigenvalue weighted by Gasteiger charge is -2.31. The molecule has 1 aromatic rings. The molecule has 0 amide bonds. The summed E-state index contributed by atoms with van der Waals surface area (Å²) in [6.45, 7) is 4.66. The van der Waals surface area contributed by atoms with Gasteiger partial charge in [0, 0.05) is 19.3 Å². The van der Waals surface area contributed by atoms with Crippen LogP contribution in [0.1, 0.15) is 46.0 Å². The van der Waals surface area contributed by atoms with Crippen LogP contribution in [-0.4, -0.2) is 15.8 Å².